The van der Waals surface area contributed by atoms with Crippen LogP contribution in [0.5, 0.6) is 5.75 Å². The van der Waals surface area contributed by atoms with Gasteiger partial charge in [-0.1, -0.05) is 37.6 Å². The molecule has 0 heterocycles. The largest absolute Gasteiger partial charge is 0.483 e. The van der Waals surface area contributed by atoms with Crippen molar-refractivity contribution in [3.8, 4) is 5.75 Å². The summed E-state index contributed by atoms with van der Waals surface area (Å²) in [6.07, 6.45) is 0. The molecule has 162 valence electrons. The lowest BCUT2D eigenvalue weighted by Gasteiger charge is -2.29. The molecule has 0 saturated heterocycles. The van der Waals surface area contributed by atoms with E-state index in [9.17, 15) is 14.0 Å². The predicted octanol–water partition coefficient (Wildman–Crippen LogP) is 4.81. The van der Waals surface area contributed by atoms with E-state index in [0.717, 1.165) is 0 Å². The molecule has 0 bridgehead atoms. The summed E-state index contributed by atoms with van der Waals surface area (Å²) in [4.78, 5) is 27.0. The molecule has 30 heavy (non-hydrogen) atoms. The van der Waals surface area contributed by atoms with E-state index in [1.54, 1.807) is 37.3 Å². The van der Waals surface area contributed by atoms with E-state index in [1.807, 2.05) is 13.8 Å². The molecular formula is C22H25BrClFN2O3. The van der Waals surface area contributed by atoms with Gasteiger partial charge >= 0.3 is 0 Å². The average molecular weight is 500 g/mol. The molecule has 2 rings (SSSR count). The number of carbonyl (C=O) groups excluding carboxylic acids is 2. The summed E-state index contributed by atoms with van der Waals surface area (Å²) in [6.45, 7) is 6.05. The molecule has 0 aromatic heterocycles. The van der Waals surface area contributed by atoms with Crippen LogP contribution in [0.2, 0.25) is 5.02 Å². The first-order valence-electron chi connectivity index (χ1n) is 9.57. The lowest BCUT2D eigenvalue weighted by molar-refractivity contribution is -0.142. The number of halogens is 3. The first-order valence-corrected chi connectivity index (χ1v) is 10.7. The van der Waals surface area contributed by atoms with Crippen molar-refractivity contribution in [2.24, 2.45) is 5.92 Å². The topological polar surface area (TPSA) is 58.6 Å². The maximum absolute atomic E-state index is 13.2. The molecule has 0 radical (unpaired) electrons. The Balaban J connectivity index is 2.14. The van der Waals surface area contributed by atoms with Crippen LogP contribution in [-0.4, -0.2) is 35.9 Å². The molecule has 1 N–H and O–H groups in total. The average Bonchev–Trinajstić information content (AvgIpc) is 2.70. The smallest absolute Gasteiger partial charge is 0.261 e. The van der Waals surface area contributed by atoms with Gasteiger partial charge in [0.05, 0.1) is 4.47 Å². The highest BCUT2D eigenvalue weighted by atomic mass is 79.9. The van der Waals surface area contributed by atoms with Gasteiger partial charge in [0.2, 0.25) is 5.91 Å². The van der Waals surface area contributed by atoms with Crippen LogP contribution in [0.4, 0.5) is 4.39 Å². The number of benzene rings is 2. The summed E-state index contributed by atoms with van der Waals surface area (Å²) in [7, 11) is 0. The lowest BCUT2D eigenvalue weighted by Crippen LogP contribution is -2.49. The van der Waals surface area contributed by atoms with Crippen molar-refractivity contribution in [1.29, 1.82) is 0 Å². The summed E-state index contributed by atoms with van der Waals surface area (Å²) in [5, 5.41) is 3.38. The van der Waals surface area contributed by atoms with Crippen molar-refractivity contribution in [2.45, 2.75) is 33.4 Å². The zero-order chi connectivity index (χ0) is 22.3. The van der Waals surface area contributed by atoms with Gasteiger partial charge < -0.3 is 15.0 Å². The van der Waals surface area contributed by atoms with Gasteiger partial charge in [-0.05, 0) is 64.7 Å². The summed E-state index contributed by atoms with van der Waals surface area (Å²) in [5.41, 5.74) is 0.709. The maximum atomic E-state index is 13.2. The maximum Gasteiger partial charge on any atom is 0.261 e. The summed E-state index contributed by atoms with van der Waals surface area (Å²) >= 11 is 9.27. The SMILES string of the molecule is CC(C)CNC(=O)[C@H](C)N(Cc1ccc(F)cc1)C(=O)COc1ccc(Cl)cc1Br. The second-order valence-corrected chi connectivity index (χ2v) is 8.62. The van der Waals surface area contributed by atoms with Gasteiger partial charge in [-0.2, -0.15) is 0 Å². The van der Waals surface area contributed by atoms with E-state index in [2.05, 4.69) is 21.2 Å². The molecule has 5 nitrogen and oxygen atoms in total. The second-order valence-electron chi connectivity index (χ2n) is 7.33. The monoisotopic (exact) mass is 498 g/mol. The van der Waals surface area contributed by atoms with Crippen molar-refractivity contribution >= 4 is 39.3 Å². The van der Waals surface area contributed by atoms with E-state index < -0.39 is 6.04 Å². The first kappa shape index (κ1) is 24.2. The molecule has 0 aliphatic heterocycles. The Morgan fingerprint density at radius 1 is 1.17 bits per heavy atom. The third-order valence-corrected chi connectivity index (χ3v) is 5.22. The molecule has 2 amide bonds. The minimum Gasteiger partial charge on any atom is -0.483 e. The quantitative estimate of drug-likeness (QED) is 0.539. The molecule has 2 aromatic rings. The third-order valence-electron chi connectivity index (χ3n) is 4.36. The van der Waals surface area contributed by atoms with E-state index in [-0.39, 0.29) is 36.7 Å². The Kier molecular flexibility index (Phi) is 9.11. The highest BCUT2D eigenvalue weighted by Gasteiger charge is 2.26. The standard InChI is InChI=1S/C22H25BrClFN2O3/c1-14(2)11-26-22(29)15(3)27(12-16-4-7-18(25)8-5-16)21(28)13-30-20-9-6-17(24)10-19(20)23/h4-10,14-15H,11-13H2,1-3H3,(H,26,29)/t15-/m0/s1. The van der Waals surface area contributed by atoms with E-state index in [4.69, 9.17) is 16.3 Å². The highest BCUT2D eigenvalue weighted by molar-refractivity contribution is 9.10. The molecular weight excluding hydrogens is 475 g/mol. The van der Waals surface area contributed by atoms with Gasteiger partial charge in [0.25, 0.3) is 5.91 Å². The molecule has 0 aliphatic rings. The van der Waals surface area contributed by atoms with Crippen molar-refractivity contribution in [3.63, 3.8) is 0 Å². The number of hydrogen-bond acceptors (Lipinski definition) is 3. The van der Waals surface area contributed by atoms with Gasteiger partial charge in [-0.3, -0.25) is 9.59 Å². The van der Waals surface area contributed by atoms with Crippen LogP contribution in [0.15, 0.2) is 46.9 Å². The van der Waals surface area contributed by atoms with Crippen molar-refractivity contribution in [1.82, 2.24) is 10.2 Å². The number of nitrogens with one attached hydrogen (secondary N) is 1. The van der Waals surface area contributed by atoms with Crippen LogP contribution in [0, 0.1) is 11.7 Å². The Morgan fingerprint density at radius 3 is 2.43 bits per heavy atom. The molecule has 0 fully saturated rings. The lowest BCUT2D eigenvalue weighted by atomic mass is 10.1. The molecule has 1 atom stereocenters. The molecule has 2 aromatic carbocycles. The molecule has 8 heteroatoms. The summed E-state index contributed by atoms with van der Waals surface area (Å²) < 4.78 is 19.5. The molecule has 0 aliphatic carbocycles. The third kappa shape index (κ3) is 7.29. The van der Waals surface area contributed by atoms with Crippen LogP contribution >= 0.6 is 27.5 Å². The van der Waals surface area contributed by atoms with Gasteiger partial charge in [0.1, 0.15) is 17.6 Å². The fourth-order valence-electron chi connectivity index (χ4n) is 2.64. The molecule has 0 saturated carbocycles. The van der Waals surface area contributed by atoms with Crippen LogP contribution < -0.4 is 10.1 Å². The zero-order valence-electron chi connectivity index (χ0n) is 17.1. The highest BCUT2D eigenvalue weighted by Crippen LogP contribution is 2.28. The van der Waals surface area contributed by atoms with Crippen LogP contribution in [-0.2, 0) is 16.1 Å². The first-order chi connectivity index (χ1) is 14.2. The van der Waals surface area contributed by atoms with Crippen LogP contribution in [0.25, 0.3) is 0 Å². The van der Waals surface area contributed by atoms with Crippen LogP contribution in [0.3, 0.4) is 0 Å². The van der Waals surface area contributed by atoms with Gasteiger partial charge in [-0.15, -0.1) is 0 Å². The van der Waals surface area contributed by atoms with E-state index >= 15 is 0 Å². The summed E-state index contributed by atoms with van der Waals surface area (Å²) in [6, 6.07) is 10.1. The zero-order valence-corrected chi connectivity index (χ0v) is 19.5. The van der Waals surface area contributed by atoms with Crippen molar-refractivity contribution in [3.05, 3.63) is 63.3 Å². The van der Waals surface area contributed by atoms with Crippen molar-refractivity contribution in [2.75, 3.05) is 13.2 Å². The second kappa shape index (κ2) is 11.3. The Morgan fingerprint density at radius 2 is 1.83 bits per heavy atom. The Bertz CT molecular complexity index is 877. The minimum atomic E-state index is -0.724. The Hall–Kier alpha value is -2.12. The Labute approximate surface area is 189 Å². The minimum absolute atomic E-state index is 0.153. The van der Waals surface area contributed by atoms with E-state index in [0.29, 0.717) is 27.4 Å². The van der Waals surface area contributed by atoms with Gasteiger partial charge in [0, 0.05) is 18.1 Å². The molecule has 0 unspecified atom stereocenters. The van der Waals surface area contributed by atoms with Crippen molar-refractivity contribution < 1.29 is 18.7 Å². The molecule has 0 spiro atoms. The number of nitrogens with zero attached hydrogens (tertiary/aromatic N) is 1. The van der Waals surface area contributed by atoms with E-state index in [1.165, 1.54) is 17.0 Å². The fraction of sp³-hybridized carbons (Fsp3) is 0.364. The normalized spacial score (nSPS) is 11.8. The predicted molar refractivity (Wildman–Crippen MR) is 119 cm³/mol. The van der Waals surface area contributed by atoms with Gasteiger partial charge in [-0.25, -0.2) is 4.39 Å². The number of amides is 2. The number of rotatable bonds is 9. The van der Waals surface area contributed by atoms with Gasteiger partial charge in [0.15, 0.2) is 6.61 Å². The summed E-state index contributed by atoms with van der Waals surface area (Å²) in [5.74, 6) is -0.241. The fourth-order valence-corrected chi connectivity index (χ4v) is 3.43. The number of carbonyl (C=O) groups is 2. The number of ether oxygens (including phenoxy) is 1. The number of hydrogen-bond donors (Lipinski definition) is 1. The van der Waals surface area contributed by atoms with Crippen LogP contribution in [0.1, 0.15) is 26.3 Å².